The van der Waals surface area contributed by atoms with Crippen LogP contribution >= 0.6 is 23.2 Å². The van der Waals surface area contributed by atoms with Gasteiger partial charge < -0.3 is 5.32 Å². The zero-order valence-corrected chi connectivity index (χ0v) is 12.7. The van der Waals surface area contributed by atoms with Crippen molar-refractivity contribution in [1.82, 2.24) is 9.97 Å². The lowest BCUT2D eigenvalue weighted by Crippen LogP contribution is -1.98. The fourth-order valence-electron chi connectivity index (χ4n) is 1.94. The molecular formula is C16H10Cl2FN3. The lowest BCUT2D eigenvalue weighted by Gasteiger charge is -2.09. The molecule has 0 unspecified atom stereocenters. The summed E-state index contributed by atoms with van der Waals surface area (Å²) in [5.41, 5.74) is 1.24. The molecule has 0 fully saturated rings. The quantitative estimate of drug-likeness (QED) is 0.658. The molecule has 0 radical (unpaired) electrons. The molecule has 110 valence electrons. The number of anilines is 2. The molecule has 1 heterocycles. The highest BCUT2D eigenvalue weighted by atomic mass is 35.5. The molecule has 3 aromatic rings. The van der Waals surface area contributed by atoms with Crippen LogP contribution in [0.1, 0.15) is 0 Å². The van der Waals surface area contributed by atoms with Gasteiger partial charge in [-0.3, -0.25) is 0 Å². The van der Waals surface area contributed by atoms with Gasteiger partial charge in [-0.05, 0) is 24.3 Å². The van der Waals surface area contributed by atoms with E-state index in [0.717, 1.165) is 0 Å². The predicted octanol–water partition coefficient (Wildman–Crippen LogP) is 5.33. The number of para-hydroxylation sites is 1. The zero-order valence-electron chi connectivity index (χ0n) is 11.2. The number of hydrogen-bond acceptors (Lipinski definition) is 3. The van der Waals surface area contributed by atoms with Crippen LogP contribution in [0.25, 0.3) is 11.4 Å². The molecule has 0 amide bonds. The second kappa shape index (κ2) is 6.30. The van der Waals surface area contributed by atoms with Crippen LogP contribution in [0.2, 0.25) is 10.2 Å². The summed E-state index contributed by atoms with van der Waals surface area (Å²) >= 11 is 12.1. The van der Waals surface area contributed by atoms with Crippen molar-refractivity contribution in [1.29, 1.82) is 0 Å². The van der Waals surface area contributed by atoms with Crippen molar-refractivity contribution < 1.29 is 4.39 Å². The van der Waals surface area contributed by atoms with Crippen LogP contribution in [0, 0.1) is 5.82 Å². The average molecular weight is 334 g/mol. The maximum atomic E-state index is 13.3. The highest BCUT2D eigenvalue weighted by Crippen LogP contribution is 2.26. The lowest BCUT2D eigenvalue weighted by molar-refractivity contribution is 0.628. The Balaban J connectivity index is 1.98. The normalized spacial score (nSPS) is 10.5. The van der Waals surface area contributed by atoms with Crippen molar-refractivity contribution in [3.8, 4) is 11.4 Å². The number of nitrogens with one attached hydrogen (secondary N) is 1. The molecule has 3 rings (SSSR count). The van der Waals surface area contributed by atoms with E-state index in [4.69, 9.17) is 23.2 Å². The molecule has 0 spiro atoms. The van der Waals surface area contributed by atoms with Gasteiger partial charge in [0.05, 0.1) is 10.7 Å². The van der Waals surface area contributed by atoms with Crippen LogP contribution in [0.5, 0.6) is 0 Å². The van der Waals surface area contributed by atoms with E-state index in [0.29, 0.717) is 27.9 Å². The Morgan fingerprint density at radius 1 is 0.909 bits per heavy atom. The standard InChI is InChI=1S/C16H10Cl2FN3/c17-12-6-1-2-7-13(12)20-15-9-14(18)21-16(22-15)10-4-3-5-11(19)8-10/h1-9H,(H,20,21,22). The van der Waals surface area contributed by atoms with Crippen LogP contribution in [0.4, 0.5) is 15.9 Å². The molecule has 0 atom stereocenters. The number of hydrogen-bond donors (Lipinski definition) is 1. The van der Waals surface area contributed by atoms with Gasteiger partial charge >= 0.3 is 0 Å². The highest BCUT2D eigenvalue weighted by molar-refractivity contribution is 6.33. The van der Waals surface area contributed by atoms with Crippen molar-refractivity contribution in [3.63, 3.8) is 0 Å². The molecule has 0 bridgehead atoms. The van der Waals surface area contributed by atoms with Gasteiger partial charge in [0.1, 0.15) is 16.8 Å². The van der Waals surface area contributed by atoms with Gasteiger partial charge in [0.2, 0.25) is 0 Å². The van der Waals surface area contributed by atoms with E-state index in [9.17, 15) is 4.39 Å². The Labute approximate surface area is 136 Å². The Bertz CT molecular complexity index is 824. The molecule has 1 aromatic heterocycles. The van der Waals surface area contributed by atoms with Crippen LogP contribution in [0.15, 0.2) is 54.6 Å². The fraction of sp³-hybridized carbons (Fsp3) is 0. The third-order valence-corrected chi connectivity index (χ3v) is 3.44. The van der Waals surface area contributed by atoms with Gasteiger partial charge in [0.25, 0.3) is 0 Å². The van der Waals surface area contributed by atoms with Crippen molar-refractivity contribution in [2.24, 2.45) is 0 Å². The summed E-state index contributed by atoms with van der Waals surface area (Å²) in [4.78, 5) is 8.47. The van der Waals surface area contributed by atoms with Gasteiger partial charge in [0.15, 0.2) is 5.82 Å². The average Bonchev–Trinajstić information content (AvgIpc) is 2.49. The first kappa shape index (κ1) is 14.8. The van der Waals surface area contributed by atoms with Gasteiger partial charge in [-0.25, -0.2) is 14.4 Å². The Kier molecular flexibility index (Phi) is 4.22. The lowest BCUT2D eigenvalue weighted by atomic mass is 10.2. The maximum absolute atomic E-state index is 13.3. The molecule has 3 nitrogen and oxygen atoms in total. The summed E-state index contributed by atoms with van der Waals surface area (Å²) in [6, 6.07) is 14.9. The summed E-state index contributed by atoms with van der Waals surface area (Å²) in [5.74, 6) is 0.454. The monoisotopic (exact) mass is 333 g/mol. The second-order valence-corrected chi connectivity index (χ2v) is 5.31. The molecule has 0 aliphatic rings. The maximum Gasteiger partial charge on any atom is 0.163 e. The molecular weight excluding hydrogens is 324 g/mol. The number of rotatable bonds is 3. The molecule has 2 aromatic carbocycles. The van der Waals surface area contributed by atoms with Gasteiger partial charge in [-0.1, -0.05) is 47.5 Å². The molecule has 0 aliphatic heterocycles. The van der Waals surface area contributed by atoms with E-state index in [-0.39, 0.29) is 11.0 Å². The summed E-state index contributed by atoms with van der Waals surface area (Å²) in [7, 11) is 0. The number of halogens is 3. The van der Waals surface area contributed by atoms with Crippen molar-refractivity contribution >= 4 is 34.7 Å². The predicted molar refractivity (Wildman–Crippen MR) is 87.2 cm³/mol. The molecule has 22 heavy (non-hydrogen) atoms. The SMILES string of the molecule is Fc1cccc(-c2nc(Cl)cc(Nc3ccccc3Cl)n2)c1. The number of aromatic nitrogens is 2. The third kappa shape index (κ3) is 3.35. The number of nitrogens with zero attached hydrogens (tertiary/aromatic N) is 2. The van der Waals surface area contributed by atoms with Gasteiger partial charge in [0, 0.05) is 11.6 Å². The first-order chi connectivity index (χ1) is 10.6. The van der Waals surface area contributed by atoms with Crippen LogP contribution in [-0.4, -0.2) is 9.97 Å². The van der Waals surface area contributed by atoms with Gasteiger partial charge in [-0.2, -0.15) is 0 Å². The van der Waals surface area contributed by atoms with E-state index in [2.05, 4.69) is 15.3 Å². The van der Waals surface area contributed by atoms with Crippen LogP contribution < -0.4 is 5.32 Å². The van der Waals surface area contributed by atoms with Gasteiger partial charge in [-0.15, -0.1) is 0 Å². The van der Waals surface area contributed by atoms with E-state index in [1.165, 1.54) is 12.1 Å². The topological polar surface area (TPSA) is 37.8 Å². The Morgan fingerprint density at radius 3 is 2.50 bits per heavy atom. The van der Waals surface area contributed by atoms with Crippen molar-refractivity contribution in [2.75, 3.05) is 5.32 Å². The number of benzene rings is 2. The van der Waals surface area contributed by atoms with Crippen molar-refractivity contribution in [3.05, 3.63) is 70.6 Å². The Morgan fingerprint density at radius 2 is 1.73 bits per heavy atom. The highest BCUT2D eigenvalue weighted by Gasteiger charge is 2.08. The van der Waals surface area contributed by atoms with Crippen LogP contribution in [-0.2, 0) is 0 Å². The zero-order chi connectivity index (χ0) is 15.5. The summed E-state index contributed by atoms with van der Waals surface area (Å²) in [6.45, 7) is 0. The second-order valence-electron chi connectivity index (χ2n) is 4.51. The Hall–Kier alpha value is -2.17. The largest absolute Gasteiger partial charge is 0.339 e. The molecule has 1 N–H and O–H groups in total. The summed E-state index contributed by atoms with van der Waals surface area (Å²) < 4.78 is 13.3. The summed E-state index contributed by atoms with van der Waals surface area (Å²) in [6.07, 6.45) is 0. The molecule has 6 heteroatoms. The minimum absolute atomic E-state index is 0.254. The van der Waals surface area contributed by atoms with E-state index in [1.54, 1.807) is 24.3 Å². The molecule has 0 saturated carbocycles. The fourth-order valence-corrected chi connectivity index (χ4v) is 2.31. The smallest absolute Gasteiger partial charge is 0.163 e. The molecule has 0 saturated heterocycles. The minimum Gasteiger partial charge on any atom is -0.339 e. The van der Waals surface area contributed by atoms with E-state index < -0.39 is 0 Å². The van der Waals surface area contributed by atoms with E-state index in [1.807, 2.05) is 18.2 Å². The summed E-state index contributed by atoms with van der Waals surface area (Å²) in [5, 5.41) is 3.89. The molecule has 0 aliphatic carbocycles. The van der Waals surface area contributed by atoms with E-state index >= 15 is 0 Å². The first-order valence-electron chi connectivity index (χ1n) is 6.44. The van der Waals surface area contributed by atoms with Crippen molar-refractivity contribution in [2.45, 2.75) is 0 Å². The van der Waals surface area contributed by atoms with Crippen LogP contribution in [0.3, 0.4) is 0 Å². The minimum atomic E-state index is -0.360. The first-order valence-corrected chi connectivity index (χ1v) is 7.19. The third-order valence-electron chi connectivity index (χ3n) is 2.91.